The molecule has 1 aromatic rings. The van der Waals surface area contributed by atoms with E-state index in [-0.39, 0.29) is 0 Å². The molecular weight excluding hydrogens is 162 g/mol. The molecule has 0 N–H and O–H groups in total. The van der Waals surface area contributed by atoms with Crippen LogP contribution in [-0.4, -0.2) is 34.6 Å². The van der Waals surface area contributed by atoms with E-state index in [0.717, 1.165) is 12.5 Å². The van der Waals surface area contributed by atoms with Crippen LogP contribution in [0.25, 0.3) is 0 Å². The van der Waals surface area contributed by atoms with E-state index in [0.29, 0.717) is 0 Å². The summed E-state index contributed by atoms with van der Waals surface area (Å²) < 4.78 is 2.25. The summed E-state index contributed by atoms with van der Waals surface area (Å²) in [7, 11) is 2.20. The minimum Gasteiger partial charge on any atom is -0.335 e. The Hall–Kier alpha value is -0.830. The van der Waals surface area contributed by atoms with Crippen molar-refractivity contribution in [3.05, 3.63) is 18.2 Å². The summed E-state index contributed by atoms with van der Waals surface area (Å²) in [4.78, 5) is 6.53. The minimum absolute atomic E-state index is 0.817. The standard InChI is InChI=1S/C10H17N3/c1-9-5-11-8-13(9)7-10-3-4-12(2)6-10/h5,8,10H,3-4,6-7H2,1-2H3. The van der Waals surface area contributed by atoms with Crippen LogP contribution in [0.15, 0.2) is 12.5 Å². The number of rotatable bonds is 2. The Morgan fingerprint density at radius 1 is 1.62 bits per heavy atom. The predicted octanol–water partition coefficient (Wildman–Crippen LogP) is 1.14. The lowest BCUT2D eigenvalue weighted by Gasteiger charge is -2.12. The second kappa shape index (κ2) is 3.50. The molecule has 0 saturated carbocycles. The van der Waals surface area contributed by atoms with Gasteiger partial charge < -0.3 is 9.47 Å². The Morgan fingerprint density at radius 3 is 3.00 bits per heavy atom. The van der Waals surface area contributed by atoms with Gasteiger partial charge in [0, 0.05) is 25.0 Å². The molecule has 13 heavy (non-hydrogen) atoms. The third-order valence-corrected chi connectivity index (χ3v) is 2.86. The van der Waals surface area contributed by atoms with Crippen molar-refractivity contribution in [3.8, 4) is 0 Å². The van der Waals surface area contributed by atoms with Crippen molar-refractivity contribution in [2.45, 2.75) is 19.9 Å². The van der Waals surface area contributed by atoms with E-state index in [1.54, 1.807) is 0 Å². The first-order valence-corrected chi connectivity index (χ1v) is 4.91. The first-order chi connectivity index (χ1) is 6.25. The van der Waals surface area contributed by atoms with Crippen LogP contribution in [0, 0.1) is 12.8 Å². The minimum atomic E-state index is 0.817. The predicted molar refractivity (Wildman–Crippen MR) is 52.6 cm³/mol. The third kappa shape index (κ3) is 1.91. The summed E-state index contributed by atoms with van der Waals surface area (Å²) in [5, 5.41) is 0. The fraction of sp³-hybridized carbons (Fsp3) is 0.700. The van der Waals surface area contributed by atoms with E-state index in [9.17, 15) is 0 Å². The van der Waals surface area contributed by atoms with Crippen LogP contribution in [0.1, 0.15) is 12.1 Å². The van der Waals surface area contributed by atoms with Gasteiger partial charge in [0.25, 0.3) is 0 Å². The summed E-state index contributed by atoms with van der Waals surface area (Å²) in [5.74, 6) is 0.817. The van der Waals surface area contributed by atoms with Crippen LogP contribution in [0.2, 0.25) is 0 Å². The number of nitrogens with zero attached hydrogens (tertiary/aromatic N) is 3. The van der Waals surface area contributed by atoms with E-state index in [2.05, 4.69) is 28.4 Å². The Morgan fingerprint density at radius 2 is 2.46 bits per heavy atom. The number of imidazole rings is 1. The lowest BCUT2D eigenvalue weighted by molar-refractivity contribution is 0.377. The zero-order valence-corrected chi connectivity index (χ0v) is 8.40. The van der Waals surface area contributed by atoms with Gasteiger partial charge in [-0.25, -0.2) is 4.98 Å². The molecule has 0 bridgehead atoms. The molecule has 1 unspecified atom stereocenters. The molecule has 1 aliphatic rings. The second-order valence-electron chi connectivity index (χ2n) is 4.10. The lowest BCUT2D eigenvalue weighted by atomic mass is 10.1. The summed E-state index contributed by atoms with van der Waals surface area (Å²) in [6.45, 7) is 5.73. The molecular formula is C10H17N3. The molecule has 0 spiro atoms. The molecule has 1 atom stereocenters. The number of hydrogen-bond donors (Lipinski definition) is 0. The van der Waals surface area contributed by atoms with Crippen LogP contribution in [0.4, 0.5) is 0 Å². The Labute approximate surface area is 79.4 Å². The van der Waals surface area contributed by atoms with Gasteiger partial charge >= 0.3 is 0 Å². The first kappa shape index (κ1) is 8.75. The van der Waals surface area contributed by atoms with Gasteiger partial charge in [0.1, 0.15) is 0 Å². The molecule has 3 heteroatoms. The highest BCUT2D eigenvalue weighted by molar-refractivity contribution is 4.94. The molecule has 1 fully saturated rings. The first-order valence-electron chi connectivity index (χ1n) is 4.91. The molecule has 72 valence electrons. The van der Waals surface area contributed by atoms with Gasteiger partial charge in [-0.05, 0) is 32.9 Å². The van der Waals surface area contributed by atoms with Gasteiger partial charge in [0.05, 0.1) is 6.33 Å². The Kier molecular flexibility index (Phi) is 2.36. The van der Waals surface area contributed by atoms with Crippen LogP contribution >= 0.6 is 0 Å². The maximum atomic E-state index is 4.13. The highest BCUT2D eigenvalue weighted by Gasteiger charge is 2.19. The highest BCUT2D eigenvalue weighted by atomic mass is 15.1. The smallest absolute Gasteiger partial charge is 0.0948 e. The van der Waals surface area contributed by atoms with Crippen molar-refractivity contribution in [1.82, 2.24) is 14.5 Å². The van der Waals surface area contributed by atoms with Crippen LogP contribution in [-0.2, 0) is 6.54 Å². The van der Waals surface area contributed by atoms with Crippen molar-refractivity contribution in [2.75, 3.05) is 20.1 Å². The zero-order chi connectivity index (χ0) is 9.26. The SMILES string of the molecule is Cc1cncn1CC1CCN(C)C1. The number of hydrogen-bond acceptors (Lipinski definition) is 2. The normalized spacial score (nSPS) is 24.0. The fourth-order valence-corrected chi connectivity index (χ4v) is 2.03. The summed E-state index contributed by atoms with van der Waals surface area (Å²) >= 11 is 0. The van der Waals surface area contributed by atoms with E-state index < -0.39 is 0 Å². The average Bonchev–Trinajstić information content (AvgIpc) is 2.64. The quantitative estimate of drug-likeness (QED) is 0.679. The highest BCUT2D eigenvalue weighted by Crippen LogP contribution is 2.16. The topological polar surface area (TPSA) is 21.1 Å². The van der Waals surface area contributed by atoms with Crippen LogP contribution in [0.3, 0.4) is 0 Å². The average molecular weight is 179 g/mol. The van der Waals surface area contributed by atoms with Crippen molar-refractivity contribution in [2.24, 2.45) is 5.92 Å². The van der Waals surface area contributed by atoms with E-state index >= 15 is 0 Å². The van der Waals surface area contributed by atoms with Crippen molar-refractivity contribution < 1.29 is 0 Å². The van der Waals surface area contributed by atoms with Gasteiger partial charge in [-0.3, -0.25) is 0 Å². The Bertz CT molecular complexity index is 279. The molecule has 0 aliphatic carbocycles. The maximum absolute atomic E-state index is 4.13. The Balaban J connectivity index is 1.95. The van der Waals surface area contributed by atoms with Crippen molar-refractivity contribution in [1.29, 1.82) is 0 Å². The van der Waals surface area contributed by atoms with Gasteiger partial charge in [-0.1, -0.05) is 0 Å². The molecule has 1 aliphatic heterocycles. The number of likely N-dealkylation sites (tertiary alicyclic amines) is 1. The summed E-state index contributed by atoms with van der Waals surface area (Å²) in [5.41, 5.74) is 1.27. The third-order valence-electron chi connectivity index (χ3n) is 2.86. The molecule has 0 radical (unpaired) electrons. The van der Waals surface area contributed by atoms with Crippen LogP contribution in [0.5, 0.6) is 0 Å². The van der Waals surface area contributed by atoms with Crippen LogP contribution < -0.4 is 0 Å². The molecule has 0 amide bonds. The second-order valence-corrected chi connectivity index (χ2v) is 4.10. The van der Waals surface area contributed by atoms with Gasteiger partial charge in [-0.15, -0.1) is 0 Å². The maximum Gasteiger partial charge on any atom is 0.0948 e. The number of aromatic nitrogens is 2. The largest absolute Gasteiger partial charge is 0.335 e. The monoisotopic (exact) mass is 179 g/mol. The molecule has 1 aromatic heterocycles. The molecule has 2 heterocycles. The summed E-state index contributed by atoms with van der Waals surface area (Å²) in [6, 6.07) is 0. The van der Waals surface area contributed by atoms with Crippen molar-refractivity contribution >= 4 is 0 Å². The summed E-state index contributed by atoms with van der Waals surface area (Å²) in [6.07, 6.45) is 5.19. The molecule has 2 rings (SSSR count). The van der Waals surface area contributed by atoms with Gasteiger partial charge in [0.15, 0.2) is 0 Å². The zero-order valence-electron chi connectivity index (χ0n) is 8.40. The van der Waals surface area contributed by atoms with E-state index in [4.69, 9.17) is 0 Å². The molecule has 3 nitrogen and oxygen atoms in total. The lowest BCUT2D eigenvalue weighted by Crippen LogP contribution is -2.17. The van der Waals surface area contributed by atoms with E-state index in [1.807, 2.05) is 12.5 Å². The van der Waals surface area contributed by atoms with Gasteiger partial charge in [0.2, 0.25) is 0 Å². The van der Waals surface area contributed by atoms with Gasteiger partial charge in [-0.2, -0.15) is 0 Å². The van der Waals surface area contributed by atoms with Crippen molar-refractivity contribution in [3.63, 3.8) is 0 Å². The molecule has 0 aromatic carbocycles. The number of aryl methyl sites for hydroxylation is 1. The molecule has 1 saturated heterocycles. The van der Waals surface area contributed by atoms with E-state index in [1.165, 1.54) is 25.2 Å². The fourth-order valence-electron chi connectivity index (χ4n) is 2.03.